The van der Waals surface area contributed by atoms with Crippen molar-refractivity contribution in [3.63, 3.8) is 0 Å². The van der Waals surface area contributed by atoms with Crippen LogP contribution in [0.3, 0.4) is 0 Å². The number of nitrogens with zero attached hydrogens (tertiary/aromatic N) is 1. The summed E-state index contributed by atoms with van der Waals surface area (Å²) in [5, 5.41) is 0.940. The second kappa shape index (κ2) is 7.74. The Morgan fingerprint density at radius 1 is 0.963 bits per heavy atom. The van der Waals surface area contributed by atoms with Gasteiger partial charge >= 0.3 is 11.9 Å². The van der Waals surface area contributed by atoms with Crippen LogP contribution in [0.25, 0.3) is 10.9 Å². The molecular weight excluding hydrogens is 348 g/mol. The third-order valence-corrected chi connectivity index (χ3v) is 4.03. The van der Waals surface area contributed by atoms with E-state index < -0.39 is 11.9 Å². The number of carbonyl (C=O) groups excluding carboxylic acids is 2. The first-order valence-corrected chi connectivity index (χ1v) is 8.06. The van der Waals surface area contributed by atoms with Crippen LogP contribution in [-0.2, 0) is 9.47 Å². The molecule has 0 radical (unpaired) electrons. The molecule has 0 aliphatic carbocycles. The topological polar surface area (TPSA) is 90.0 Å². The lowest BCUT2D eigenvalue weighted by Gasteiger charge is -2.05. The van der Waals surface area contributed by atoms with E-state index in [1.54, 1.807) is 25.5 Å². The minimum Gasteiger partial charge on any atom is -0.497 e. The van der Waals surface area contributed by atoms with Crippen molar-refractivity contribution in [1.29, 1.82) is 0 Å². The summed E-state index contributed by atoms with van der Waals surface area (Å²) in [6, 6.07) is 10.2. The van der Waals surface area contributed by atoms with Gasteiger partial charge in [0.15, 0.2) is 0 Å². The molecule has 27 heavy (non-hydrogen) atoms. The first-order valence-electron chi connectivity index (χ1n) is 8.06. The third-order valence-electron chi connectivity index (χ3n) is 4.03. The highest BCUT2D eigenvalue weighted by atomic mass is 16.5. The number of benzene rings is 2. The van der Waals surface area contributed by atoms with E-state index >= 15 is 0 Å². The summed E-state index contributed by atoms with van der Waals surface area (Å²) in [4.78, 5) is 31.3. The number of fused-ring (bicyclic) bond motifs is 1. The number of H-pyrrole nitrogens is 1. The maximum absolute atomic E-state index is 11.9. The van der Waals surface area contributed by atoms with E-state index in [9.17, 15) is 9.59 Å². The number of esters is 2. The van der Waals surface area contributed by atoms with Crippen LogP contribution in [-0.4, -0.2) is 44.5 Å². The van der Waals surface area contributed by atoms with Crippen molar-refractivity contribution in [1.82, 2.24) is 4.98 Å². The second-order valence-electron chi connectivity index (χ2n) is 5.67. The molecule has 2 aromatic carbocycles. The van der Waals surface area contributed by atoms with Crippen LogP contribution in [0.4, 0.5) is 5.69 Å². The molecule has 0 fully saturated rings. The van der Waals surface area contributed by atoms with Gasteiger partial charge in [-0.1, -0.05) is 0 Å². The maximum Gasteiger partial charge on any atom is 0.337 e. The number of methoxy groups -OCH3 is 3. The Hall–Kier alpha value is -3.61. The molecule has 0 amide bonds. The summed E-state index contributed by atoms with van der Waals surface area (Å²) < 4.78 is 14.7. The minimum absolute atomic E-state index is 0.216. The van der Waals surface area contributed by atoms with E-state index in [0.29, 0.717) is 5.69 Å². The third kappa shape index (κ3) is 3.82. The fraction of sp³-hybridized carbons (Fsp3) is 0.150. The van der Waals surface area contributed by atoms with Crippen LogP contribution in [0.15, 0.2) is 47.6 Å². The van der Waals surface area contributed by atoms with Gasteiger partial charge in [-0.25, -0.2) is 9.59 Å². The number of carbonyl (C=O) groups is 2. The monoisotopic (exact) mass is 366 g/mol. The summed E-state index contributed by atoms with van der Waals surface area (Å²) in [6.45, 7) is 0. The molecule has 1 N–H and O–H groups in total. The Morgan fingerprint density at radius 3 is 2.22 bits per heavy atom. The van der Waals surface area contributed by atoms with Gasteiger partial charge in [-0.3, -0.25) is 4.99 Å². The van der Waals surface area contributed by atoms with E-state index in [2.05, 4.69) is 9.98 Å². The van der Waals surface area contributed by atoms with Crippen molar-refractivity contribution in [3.8, 4) is 5.75 Å². The number of rotatable bonds is 5. The Balaban J connectivity index is 2.01. The predicted molar refractivity (Wildman–Crippen MR) is 101 cm³/mol. The highest BCUT2D eigenvalue weighted by molar-refractivity contribution is 6.01. The average Bonchev–Trinajstić information content (AvgIpc) is 3.12. The van der Waals surface area contributed by atoms with Gasteiger partial charge in [-0.05, 0) is 36.4 Å². The molecule has 7 heteroatoms. The van der Waals surface area contributed by atoms with Gasteiger partial charge in [0.1, 0.15) is 5.75 Å². The molecule has 7 nitrogen and oxygen atoms in total. The summed E-state index contributed by atoms with van der Waals surface area (Å²) >= 11 is 0. The fourth-order valence-corrected chi connectivity index (χ4v) is 2.66. The molecule has 0 unspecified atom stereocenters. The summed E-state index contributed by atoms with van der Waals surface area (Å²) in [7, 11) is 4.15. The minimum atomic E-state index is -0.561. The Bertz CT molecular complexity index is 1000. The van der Waals surface area contributed by atoms with Gasteiger partial charge < -0.3 is 19.2 Å². The van der Waals surface area contributed by atoms with Gasteiger partial charge in [0.2, 0.25) is 0 Å². The molecule has 3 rings (SSSR count). The zero-order valence-corrected chi connectivity index (χ0v) is 15.1. The van der Waals surface area contributed by atoms with E-state index in [1.165, 1.54) is 20.3 Å². The molecule has 3 aromatic rings. The van der Waals surface area contributed by atoms with Gasteiger partial charge in [-0.15, -0.1) is 0 Å². The molecular formula is C20H18N2O5. The normalized spacial score (nSPS) is 10.9. The van der Waals surface area contributed by atoms with Crippen molar-refractivity contribution < 1.29 is 23.8 Å². The number of ether oxygens (including phenoxy) is 3. The van der Waals surface area contributed by atoms with Crippen molar-refractivity contribution in [3.05, 3.63) is 59.3 Å². The van der Waals surface area contributed by atoms with Crippen molar-refractivity contribution in [2.45, 2.75) is 0 Å². The van der Waals surface area contributed by atoms with Crippen LogP contribution in [0.2, 0.25) is 0 Å². The molecule has 1 heterocycles. The quantitative estimate of drug-likeness (QED) is 0.551. The number of hydrogen-bond donors (Lipinski definition) is 1. The van der Waals surface area contributed by atoms with Crippen LogP contribution in [0.5, 0.6) is 5.75 Å². The maximum atomic E-state index is 11.9. The van der Waals surface area contributed by atoms with Gasteiger partial charge in [-0.2, -0.15) is 0 Å². The summed E-state index contributed by atoms with van der Waals surface area (Å²) in [5.41, 5.74) is 2.64. The first kappa shape index (κ1) is 18.2. The lowest BCUT2D eigenvalue weighted by atomic mass is 10.1. The fourth-order valence-electron chi connectivity index (χ4n) is 2.66. The zero-order chi connectivity index (χ0) is 19.4. The van der Waals surface area contributed by atoms with E-state index in [4.69, 9.17) is 14.2 Å². The van der Waals surface area contributed by atoms with Gasteiger partial charge in [0.25, 0.3) is 0 Å². The molecule has 0 saturated heterocycles. The molecule has 0 aliphatic rings. The zero-order valence-electron chi connectivity index (χ0n) is 15.1. The second-order valence-corrected chi connectivity index (χ2v) is 5.67. The molecule has 0 spiro atoms. The first-order chi connectivity index (χ1) is 13.0. The van der Waals surface area contributed by atoms with Crippen molar-refractivity contribution in [2.24, 2.45) is 4.99 Å². The van der Waals surface area contributed by atoms with Crippen LogP contribution < -0.4 is 4.74 Å². The van der Waals surface area contributed by atoms with E-state index in [1.807, 2.05) is 24.4 Å². The highest BCUT2D eigenvalue weighted by Crippen LogP contribution is 2.24. The number of nitrogens with one attached hydrogen (secondary N) is 1. The smallest absolute Gasteiger partial charge is 0.337 e. The number of hydrogen-bond acceptors (Lipinski definition) is 6. The van der Waals surface area contributed by atoms with Crippen LogP contribution >= 0.6 is 0 Å². The SMILES string of the molecule is COC(=O)c1cc(N=Cc2c[nH]c3ccc(OC)cc23)cc(C(=O)OC)c1. The number of aromatic nitrogens is 1. The number of aliphatic imine (C=N–C) groups is 1. The largest absolute Gasteiger partial charge is 0.497 e. The van der Waals surface area contributed by atoms with Gasteiger partial charge in [0, 0.05) is 28.9 Å². The lowest BCUT2D eigenvalue weighted by Crippen LogP contribution is -2.06. The van der Waals surface area contributed by atoms with Crippen molar-refractivity contribution >= 4 is 34.7 Å². The summed E-state index contributed by atoms with van der Waals surface area (Å²) in [6.07, 6.45) is 3.47. The van der Waals surface area contributed by atoms with E-state index in [0.717, 1.165) is 22.2 Å². The standard InChI is InChI=1S/C20H18N2O5/c1-25-16-4-5-18-17(9-16)14(11-22-18)10-21-15-7-12(19(23)26-2)6-13(8-15)20(24)27-3/h4-11,22H,1-3H3. The molecule has 1 aromatic heterocycles. The van der Waals surface area contributed by atoms with Crippen LogP contribution in [0, 0.1) is 0 Å². The number of aromatic amines is 1. The van der Waals surface area contributed by atoms with Crippen molar-refractivity contribution in [2.75, 3.05) is 21.3 Å². The molecule has 0 bridgehead atoms. The predicted octanol–water partition coefficient (Wildman–Crippen LogP) is 3.50. The lowest BCUT2D eigenvalue weighted by molar-refractivity contribution is 0.0599. The van der Waals surface area contributed by atoms with E-state index in [-0.39, 0.29) is 11.1 Å². The van der Waals surface area contributed by atoms with Gasteiger partial charge in [0.05, 0.1) is 38.1 Å². The average molecular weight is 366 g/mol. The Morgan fingerprint density at radius 2 is 1.63 bits per heavy atom. The summed E-state index contributed by atoms with van der Waals surface area (Å²) in [5.74, 6) is -0.388. The molecule has 0 aliphatic heterocycles. The molecule has 0 atom stereocenters. The van der Waals surface area contributed by atoms with Crippen LogP contribution in [0.1, 0.15) is 26.3 Å². The Labute approximate surface area is 155 Å². The molecule has 0 saturated carbocycles. The highest BCUT2D eigenvalue weighted by Gasteiger charge is 2.13. The Kier molecular flexibility index (Phi) is 5.21. The molecule has 138 valence electrons.